The lowest BCUT2D eigenvalue weighted by Gasteiger charge is -2.20. The highest BCUT2D eigenvalue weighted by Gasteiger charge is 2.26. The molecule has 0 fully saturated rings. The van der Waals surface area contributed by atoms with E-state index in [0.717, 1.165) is 6.42 Å². The molecule has 6 nitrogen and oxygen atoms in total. The van der Waals surface area contributed by atoms with Gasteiger partial charge in [0.15, 0.2) is 17.6 Å². The van der Waals surface area contributed by atoms with E-state index < -0.39 is 6.10 Å². The van der Waals surface area contributed by atoms with Crippen LogP contribution < -0.4 is 24.7 Å². The standard InChI is InChI=1S/C20H25NO5/c1-5-6-16(26-14-9-7-13(21)8-10-14)20(22)15-11-18(24-3)19(25-4)12-17(15)23-2/h7-12,16H,5-6,21H2,1-4H3. The van der Waals surface area contributed by atoms with Crippen LogP contribution in [0.2, 0.25) is 0 Å². The predicted octanol–water partition coefficient (Wildman–Crippen LogP) is 3.73. The second-order valence-corrected chi connectivity index (χ2v) is 5.74. The lowest BCUT2D eigenvalue weighted by molar-refractivity contribution is 0.0773. The Hall–Kier alpha value is -2.89. The van der Waals surface area contributed by atoms with Gasteiger partial charge in [-0.1, -0.05) is 13.3 Å². The molecule has 0 saturated carbocycles. The molecule has 2 N–H and O–H groups in total. The number of Topliss-reactive ketones (excluding diaryl/α,β-unsaturated/α-hetero) is 1. The molecule has 0 spiro atoms. The average molecular weight is 359 g/mol. The Labute approximate surface area is 153 Å². The van der Waals surface area contributed by atoms with Gasteiger partial charge in [0.2, 0.25) is 5.78 Å². The third-order valence-corrected chi connectivity index (χ3v) is 3.97. The third kappa shape index (κ3) is 4.39. The minimum atomic E-state index is -0.643. The zero-order valence-electron chi connectivity index (χ0n) is 15.6. The van der Waals surface area contributed by atoms with Crippen molar-refractivity contribution in [3.8, 4) is 23.0 Å². The van der Waals surface area contributed by atoms with E-state index in [1.54, 1.807) is 36.4 Å². The second-order valence-electron chi connectivity index (χ2n) is 5.74. The number of hydrogen-bond donors (Lipinski definition) is 1. The van der Waals surface area contributed by atoms with E-state index in [1.165, 1.54) is 21.3 Å². The highest BCUT2D eigenvalue weighted by atomic mass is 16.5. The van der Waals surface area contributed by atoms with Gasteiger partial charge in [-0.05, 0) is 36.8 Å². The van der Waals surface area contributed by atoms with Crippen molar-refractivity contribution in [1.82, 2.24) is 0 Å². The molecule has 2 aromatic carbocycles. The number of carbonyl (C=O) groups excluding carboxylic acids is 1. The molecule has 0 saturated heterocycles. The van der Waals surface area contributed by atoms with E-state index >= 15 is 0 Å². The van der Waals surface area contributed by atoms with Crippen LogP contribution in [0.1, 0.15) is 30.1 Å². The Bertz CT molecular complexity index is 743. The molecule has 26 heavy (non-hydrogen) atoms. The van der Waals surface area contributed by atoms with Gasteiger partial charge in [-0.2, -0.15) is 0 Å². The van der Waals surface area contributed by atoms with Crippen LogP contribution in [0.4, 0.5) is 5.69 Å². The Morgan fingerprint density at radius 3 is 2.08 bits per heavy atom. The quantitative estimate of drug-likeness (QED) is 0.543. The molecule has 0 bridgehead atoms. The van der Waals surface area contributed by atoms with E-state index in [-0.39, 0.29) is 5.78 Å². The first kappa shape index (κ1) is 19.4. The van der Waals surface area contributed by atoms with Gasteiger partial charge in [0.1, 0.15) is 11.5 Å². The predicted molar refractivity (Wildman–Crippen MR) is 101 cm³/mol. The molecular formula is C20H25NO5. The van der Waals surface area contributed by atoms with Crippen LogP contribution in [0.3, 0.4) is 0 Å². The average Bonchev–Trinajstić information content (AvgIpc) is 2.67. The summed E-state index contributed by atoms with van der Waals surface area (Å²) in [4.78, 5) is 13.1. The number of nitrogen functional groups attached to an aromatic ring is 1. The second kappa shape index (κ2) is 8.99. The van der Waals surface area contributed by atoms with Crippen molar-refractivity contribution in [2.75, 3.05) is 27.1 Å². The summed E-state index contributed by atoms with van der Waals surface area (Å²) in [5.41, 5.74) is 6.72. The topological polar surface area (TPSA) is 80.0 Å². The maximum Gasteiger partial charge on any atom is 0.207 e. The molecule has 1 unspecified atom stereocenters. The number of ketones is 1. The highest BCUT2D eigenvalue weighted by molar-refractivity contribution is 6.02. The van der Waals surface area contributed by atoms with Crippen LogP contribution in [-0.2, 0) is 0 Å². The largest absolute Gasteiger partial charge is 0.496 e. The Balaban J connectivity index is 2.36. The fraction of sp³-hybridized carbons (Fsp3) is 0.350. The first-order valence-electron chi connectivity index (χ1n) is 8.40. The maximum absolute atomic E-state index is 13.1. The number of carbonyl (C=O) groups is 1. The molecule has 0 aliphatic rings. The number of hydrogen-bond acceptors (Lipinski definition) is 6. The number of methoxy groups -OCH3 is 3. The Kier molecular flexibility index (Phi) is 6.72. The molecule has 0 aromatic heterocycles. The summed E-state index contributed by atoms with van der Waals surface area (Å²) in [5, 5.41) is 0. The smallest absolute Gasteiger partial charge is 0.207 e. The van der Waals surface area contributed by atoms with Gasteiger partial charge in [-0.3, -0.25) is 4.79 Å². The van der Waals surface area contributed by atoms with Crippen LogP contribution in [-0.4, -0.2) is 33.2 Å². The van der Waals surface area contributed by atoms with Crippen LogP contribution in [0.25, 0.3) is 0 Å². The summed E-state index contributed by atoms with van der Waals surface area (Å²) < 4.78 is 21.9. The molecule has 0 amide bonds. The van der Waals surface area contributed by atoms with Crippen molar-refractivity contribution in [3.05, 3.63) is 42.0 Å². The maximum atomic E-state index is 13.1. The molecule has 2 aromatic rings. The summed E-state index contributed by atoms with van der Waals surface area (Å²) in [7, 11) is 4.56. The minimum Gasteiger partial charge on any atom is -0.496 e. The minimum absolute atomic E-state index is 0.179. The first-order valence-corrected chi connectivity index (χ1v) is 8.40. The van der Waals surface area contributed by atoms with Gasteiger partial charge in [-0.25, -0.2) is 0 Å². The van der Waals surface area contributed by atoms with Crippen LogP contribution >= 0.6 is 0 Å². The lowest BCUT2D eigenvalue weighted by atomic mass is 10.0. The monoisotopic (exact) mass is 359 g/mol. The normalized spacial score (nSPS) is 11.5. The SMILES string of the molecule is CCCC(Oc1ccc(N)cc1)C(=O)c1cc(OC)c(OC)cc1OC. The van der Waals surface area contributed by atoms with Crippen molar-refractivity contribution >= 4 is 11.5 Å². The zero-order chi connectivity index (χ0) is 19.1. The van der Waals surface area contributed by atoms with Gasteiger partial charge < -0.3 is 24.7 Å². The van der Waals surface area contributed by atoms with Crippen LogP contribution in [0.5, 0.6) is 23.0 Å². The van der Waals surface area contributed by atoms with Gasteiger partial charge in [0.05, 0.1) is 26.9 Å². The van der Waals surface area contributed by atoms with E-state index in [0.29, 0.717) is 40.7 Å². The van der Waals surface area contributed by atoms with E-state index in [9.17, 15) is 4.79 Å². The molecule has 2 rings (SSSR count). The first-order chi connectivity index (χ1) is 12.5. The van der Waals surface area contributed by atoms with Crippen LogP contribution in [0, 0.1) is 0 Å². The fourth-order valence-electron chi connectivity index (χ4n) is 2.61. The van der Waals surface area contributed by atoms with Gasteiger partial charge >= 0.3 is 0 Å². The molecule has 0 radical (unpaired) electrons. The summed E-state index contributed by atoms with van der Waals surface area (Å²) >= 11 is 0. The molecule has 0 aliphatic heterocycles. The van der Waals surface area contributed by atoms with Gasteiger partial charge in [0, 0.05) is 11.8 Å². The molecule has 0 heterocycles. The fourth-order valence-corrected chi connectivity index (χ4v) is 2.61. The molecule has 140 valence electrons. The van der Waals surface area contributed by atoms with Crippen LogP contribution in [0.15, 0.2) is 36.4 Å². The van der Waals surface area contributed by atoms with E-state index in [4.69, 9.17) is 24.7 Å². The Morgan fingerprint density at radius 2 is 1.54 bits per heavy atom. The summed E-state index contributed by atoms with van der Waals surface area (Å²) in [6.45, 7) is 2.00. The van der Waals surface area contributed by atoms with Crippen molar-refractivity contribution in [2.45, 2.75) is 25.9 Å². The van der Waals surface area contributed by atoms with Crippen molar-refractivity contribution in [1.29, 1.82) is 0 Å². The highest BCUT2D eigenvalue weighted by Crippen LogP contribution is 2.35. The lowest BCUT2D eigenvalue weighted by Crippen LogP contribution is -2.28. The zero-order valence-corrected chi connectivity index (χ0v) is 15.6. The van der Waals surface area contributed by atoms with Crippen molar-refractivity contribution in [2.24, 2.45) is 0 Å². The number of nitrogens with two attached hydrogens (primary N) is 1. The Morgan fingerprint density at radius 1 is 0.962 bits per heavy atom. The number of ether oxygens (including phenoxy) is 4. The molecule has 6 heteroatoms. The third-order valence-electron chi connectivity index (χ3n) is 3.97. The number of benzene rings is 2. The van der Waals surface area contributed by atoms with Gasteiger partial charge in [0.25, 0.3) is 0 Å². The van der Waals surface area contributed by atoms with E-state index in [1.807, 2.05) is 6.92 Å². The summed E-state index contributed by atoms with van der Waals surface area (Å²) in [6, 6.07) is 10.2. The number of anilines is 1. The summed E-state index contributed by atoms with van der Waals surface area (Å²) in [6.07, 6.45) is 0.720. The van der Waals surface area contributed by atoms with Crippen molar-refractivity contribution in [3.63, 3.8) is 0 Å². The van der Waals surface area contributed by atoms with E-state index in [2.05, 4.69) is 0 Å². The van der Waals surface area contributed by atoms with Crippen molar-refractivity contribution < 1.29 is 23.7 Å². The number of rotatable bonds is 9. The molecular weight excluding hydrogens is 334 g/mol. The molecule has 0 aliphatic carbocycles. The summed E-state index contributed by atoms with van der Waals surface area (Å²) in [5.74, 6) is 1.77. The van der Waals surface area contributed by atoms with Gasteiger partial charge in [-0.15, -0.1) is 0 Å². The molecule has 1 atom stereocenters.